The highest BCUT2D eigenvalue weighted by molar-refractivity contribution is 7.16. The van der Waals surface area contributed by atoms with E-state index < -0.39 is 17.9 Å². The fourth-order valence-electron chi connectivity index (χ4n) is 4.01. The average molecular weight is 476 g/mol. The molecule has 0 fully saturated rings. The van der Waals surface area contributed by atoms with Crippen LogP contribution in [0.5, 0.6) is 0 Å². The van der Waals surface area contributed by atoms with Gasteiger partial charge in [-0.3, -0.25) is 4.79 Å². The normalized spacial score (nSPS) is 12.6. The maximum absolute atomic E-state index is 12.8. The Morgan fingerprint density at radius 2 is 1.91 bits per heavy atom. The van der Waals surface area contributed by atoms with Gasteiger partial charge in [-0.05, 0) is 55.5 Å². The molecule has 1 aromatic carbocycles. The lowest BCUT2D eigenvalue weighted by molar-refractivity contribution is -0.139. The quantitative estimate of drug-likeness (QED) is 0.380. The third-order valence-electron chi connectivity index (χ3n) is 5.60. The first-order valence-electron chi connectivity index (χ1n) is 11.0. The van der Waals surface area contributed by atoms with Crippen molar-refractivity contribution >= 4 is 45.8 Å². The summed E-state index contributed by atoms with van der Waals surface area (Å²) in [6.45, 7) is 8.19. The molecule has 0 spiro atoms. The minimum Gasteiger partial charge on any atom is -0.480 e. The number of rotatable bonds is 10. The number of fused-ring (bicyclic) bond motifs is 1. The van der Waals surface area contributed by atoms with Gasteiger partial charge in [-0.25, -0.2) is 9.78 Å². The molecular formula is C24H30ClN3O3S. The van der Waals surface area contributed by atoms with E-state index in [1.54, 1.807) is 23.5 Å². The lowest BCUT2D eigenvalue weighted by atomic mass is 10.0. The van der Waals surface area contributed by atoms with Crippen LogP contribution in [0.4, 0.5) is 0 Å². The van der Waals surface area contributed by atoms with Crippen LogP contribution >= 0.6 is 22.9 Å². The van der Waals surface area contributed by atoms with Gasteiger partial charge >= 0.3 is 5.97 Å². The standard InChI is InChI=1S/C24H30ClN3O3S/c1-5-16(6-2)28-20-9-7-15(23(29)27-19(24(30)31)11-14(3)4)12-18(20)26-22(28)13-17-8-10-21(25)32-17/h7-10,12,14,16,19H,5-6,11,13H2,1-4H3,(H,27,29)(H,30,31)/t19-/m0/s1. The molecule has 2 aromatic heterocycles. The summed E-state index contributed by atoms with van der Waals surface area (Å²) in [5.41, 5.74) is 2.12. The molecule has 0 aliphatic heterocycles. The van der Waals surface area contributed by atoms with Crippen LogP contribution in [0, 0.1) is 5.92 Å². The van der Waals surface area contributed by atoms with Crippen LogP contribution in [0.1, 0.15) is 74.1 Å². The zero-order chi connectivity index (χ0) is 23.4. The van der Waals surface area contributed by atoms with Crippen LogP contribution in [0.2, 0.25) is 4.34 Å². The number of benzene rings is 1. The number of carboxylic acids is 1. The molecule has 0 bridgehead atoms. The molecule has 0 aliphatic rings. The second kappa shape index (κ2) is 10.5. The summed E-state index contributed by atoms with van der Waals surface area (Å²) in [4.78, 5) is 30.3. The van der Waals surface area contributed by atoms with Gasteiger partial charge in [-0.2, -0.15) is 0 Å². The van der Waals surface area contributed by atoms with Crippen LogP contribution < -0.4 is 5.32 Å². The lowest BCUT2D eigenvalue weighted by Crippen LogP contribution is -2.41. The Bertz CT molecular complexity index is 1100. The molecule has 0 radical (unpaired) electrons. The molecule has 8 heteroatoms. The molecule has 3 aromatic rings. The molecule has 0 unspecified atom stereocenters. The van der Waals surface area contributed by atoms with Crippen LogP contribution in [0.3, 0.4) is 0 Å². The van der Waals surface area contributed by atoms with E-state index in [0.717, 1.165) is 38.9 Å². The Labute approximate surface area is 197 Å². The SMILES string of the molecule is CCC(CC)n1c(Cc2ccc(Cl)s2)nc2cc(C(=O)N[C@@H](CC(C)C)C(=O)O)ccc21. The summed E-state index contributed by atoms with van der Waals surface area (Å²) in [7, 11) is 0. The summed E-state index contributed by atoms with van der Waals surface area (Å²) < 4.78 is 3.02. The third kappa shape index (κ3) is 5.51. The minimum atomic E-state index is -1.02. The number of nitrogens with zero attached hydrogens (tertiary/aromatic N) is 2. The summed E-state index contributed by atoms with van der Waals surface area (Å²) in [5.74, 6) is -0.331. The topological polar surface area (TPSA) is 84.2 Å². The van der Waals surface area contributed by atoms with E-state index in [0.29, 0.717) is 24.4 Å². The summed E-state index contributed by atoms with van der Waals surface area (Å²) in [6, 6.07) is 8.71. The maximum Gasteiger partial charge on any atom is 0.326 e. The largest absolute Gasteiger partial charge is 0.480 e. The molecule has 0 saturated carbocycles. The molecule has 3 rings (SSSR count). The van der Waals surface area contributed by atoms with Crippen molar-refractivity contribution in [3.63, 3.8) is 0 Å². The Morgan fingerprint density at radius 3 is 2.47 bits per heavy atom. The molecule has 32 heavy (non-hydrogen) atoms. The van der Waals surface area contributed by atoms with Gasteiger partial charge in [0.15, 0.2) is 0 Å². The van der Waals surface area contributed by atoms with Crippen LogP contribution in [0.15, 0.2) is 30.3 Å². The molecule has 2 heterocycles. The fraction of sp³-hybridized carbons (Fsp3) is 0.458. The van der Waals surface area contributed by atoms with Gasteiger partial charge in [0.1, 0.15) is 11.9 Å². The number of thiophene rings is 1. The van der Waals surface area contributed by atoms with Gasteiger partial charge in [0, 0.05) is 22.9 Å². The lowest BCUT2D eigenvalue weighted by Gasteiger charge is -2.19. The highest BCUT2D eigenvalue weighted by Crippen LogP contribution is 2.30. The van der Waals surface area contributed by atoms with Gasteiger partial charge in [0.2, 0.25) is 0 Å². The van der Waals surface area contributed by atoms with Gasteiger partial charge in [-0.15, -0.1) is 11.3 Å². The molecule has 172 valence electrons. The second-order valence-electron chi connectivity index (χ2n) is 8.45. The van der Waals surface area contributed by atoms with Crippen molar-refractivity contribution in [2.75, 3.05) is 0 Å². The molecule has 0 aliphatic carbocycles. The number of nitrogens with one attached hydrogen (secondary N) is 1. The molecule has 6 nitrogen and oxygen atoms in total. The van der Waals surface area contributed by atoms with Gasteiger partial charge in [0.05, 0.1) is 15.4 Å². The number of carboxylic acid groups (broad SMARTS) is 1. The zero-order valence-electron chi connectivity index (χ0n) is 18.9. The monoisotopic (exact) mass is 475 g/mol. The highest BCUT2D eigenvalue weighted by Gasteiger charge is 2.23. The van der Waals surface area contributed by atoms with E-state index in [-0.39, 0.29) is 5.92 Å². The van der Waals surface area contributed by atoms with E-state index >= 15 is 0 Å². The van der Waals surface area contributed by atoms with Crippen molar-refractivity contribution in [2.45, 2.75) is 65.5 Å². The number of aromatic nitrogens is 2. The van der Waals surface area contributed by atoms with Crippen LogP contribution in [-0.4, -0.2) is 32.6 Å². The molecule has 1 amide bonds. The third-order valence-corrected chi connectivity index (χ3v) is 6.84. The smallest absolute Gasteiger partial charge is 0.326 e. The zero-order valence-corrected chi connectivity index (χ0v) is 20.5. The van der Waals surface area contributed by atoms with Crippen molar-refractivity contribution in [3.8, 4) is 0 Å². The molecule has 1 atom stereocenters. The predicted octanol–water partition coefficient (Wildman–Crippen LogP) is 5.93. The van der Waals surface area contributed by atoms with Gasteiger partial charge < -0.3 is 15.0 Å². The molecule has 0 saturated heterocycles. The number of carbonyl (C=O) groups excluding carboxylic acids is 1. The van der Waals surface area contributed by atoms with Gasteiger partial charge in [-0.1, -0.05) is 39.3 Å². The summed E-state index contributed by atoms with van der Waals surface area (Å²) >= 11 is 7.66. The minimum absolute atomic E-state index is 0.155. The van der Waals surface area contributed by atoms with Crippen molar-refractivity contribution < 1.29 is 14.7 Å². The number of amides is 1. The number of aliphatic carboxylic acids is 1. The Morgan fingerprint density at radius 1 is 1.19 bits per heavy atom. The van der Waals surface area contributed by atoms with E-state index in [2.05, 4.69) is 23.7 Å². The predicted molar refractivity (Wildman–Crippen MR) is 130 cm³/mol. The number of hydrogen-bond donors (Lipinski definition) is 2. The molecule has 2 N–H and O–H groups in total. The number of imidazole rings is 1. The fourth-order valence-corrected chi connectivity index (χ4v) is 5.10. The maximum atomic E-state index is 12.8. The van der Waals surface area contributed by atoms with E-state index in [1.165, 1.54) is 0 Å². The first-order chi connectivity index (χ1) is 15.2. The Balaban J connectivity index is 1.96. The number of halogens is 1. The second-order valence-corrected chi connectivity index (χ2v) is 10.2. The van der Waals surface area contributed by atoms with E-state index in [9.17, 15) is 14.7 Å². The van der Waals surface area contributed by atoms with E-state index in [1.807, 2.05) is 32.0 Å². The number of carbonyl (C=O) groups is 2. The Kier molecular flexibility index (Phi) is 7.96. The van der Waals surface area contributed by atoms with Crippen LogP contribution in [0.25, 0.3) is 11.0 Å². The molecular weight excluding hydrogens is 446 g/mol. The van der Waals surface area contributed by atoms with Crippen LogP contribution in [-0.2, 0) is 11.2 Å². The van der Waals surface area contributed by atoms with E-state index in [4.69, 9.17) is 16.6 Å². The highest BCUT2D eigenvalue weighted by atomic mass is 35.5. The van der Waals surface area contributed by atoms with Crippen molar-refractivity contribution in [2.24, 2.45) is 5.92 Å². The Hall–Kier alpha value is -2.38. The van der Waals surface area contributed by atoms with Crippen molar-refractivity contribution in [1.29, 1.82) is 0 Å². The summed E-state index contributed by atoms with van der Waals surface area (Å²) in [5, 5.41) is 12.1. The first kappa shape index (κ1) is 24.3. The van der Waals surface area contributed by atoms with Crippen molar-refractivity contribution in [3.05, 3.63) is 50.9 Å². The number of hydrogen-bond acceptors (Lipinski definition) is 4. The summed E-state index contributed by atoms with van der Waals surface area (Å²) in [6.07, 6.45) is 2.98. The van der Waals surface area contributed by atoms with Crippen molar-refractivity contribution in [1.82, 2.24) is 14.9 Å². The average Bonchev–Trinajstić information content (AvgIpc) is 3.31. The first-order valence-corrected chi connectivity index (χ1v) is 12.2. The van der Waals surface area contributed by atoms with Gasteiger partial charge in [0.25, 0.3) is 5.91 Å².